The van der Waals surface area contributed by atoms with Crippen molar-refractivity contribution in [2.24, 2.45) is 0 Å². The van der Waals surface area contributed by atoms with Crippen molar-refractivity contribution < 1.29 is 106 Å². The van der Waals surface area contributed by atoms with Gasteiger partial charge in [0.1, 0.15) is 0 Å². The zero-order chi connectivity index (χ0) is 79.8. The second-order valence-electron chi connectivity index (χ2n) is 22.8. The molecule has 102 heavy (non-hydrogen) atoms. The third-order valence-corrected chi connectivity index (χ3v) is 38.0. The van der Waals surface area contributed by atoms with Gasteiger partial charge in [-0.3, -0.25) is 0 Å². The number of rotatable bonds is 62. The van der Waals surface area contributed by atoms with Crippen LogP contribution < -0.4 is 0 Å². The molecule has 0 heterocycles. The van der Waals surface area contributed by atoms with Crippen LogP contribution in [0.25, 0.3) is 0 Å². The first-order chi connectivity index (χ1) is 48.8. The highest BCUT2D eigenvalue weighted by molar-refractivity contribution is 6.62. The average molecular weight is 1620 g/mol. The molecule has 0 aromatic heterocycles. The number of hydrogen-bond acceptors (Lipinski definition) is 24. The zero-order valence-electron chi connectivity index (χ0n) is 72.7. The van der Waals surface area contributed by atoms with Crippen molar-refractivity contribution in [2.75, 3.05) is 165 Å². The lowest BCUT2D eigenvalue weighted by molar-refractivity contribution is 0.0698. The molecule has 0 rings (SSSR count). The van der Waals surface area contributed by atoms with Gasteiger partial charge in [-0.1, -0.05) is 144 Å². The van der Waals surface area contributed by atoms with Gasteiger partial charge in [0.2, 0.25) is 0 Å². The first-order valence-electron chi connectivity index (χ1n) is 39.1. The Bertz CT molecular complexity index is 1470. The van der Waals surface area contributed by atoms with E-state index in [0.29, 0.717) is 79.3 Å². The highest BCUT2D eigenvalue weighted by Gasteiger charge is 2.42. The van der Waals surface area contributed by atoms with E-state index in [1.165, 1.54) is 103 Å². The zero-order valence-corrected chi connectivity index (χ0v) is 80.7. The van der Waals surface area contributed by atoms with Crippen LogP contribution in [0.5, 0.6) is 0 Å². The fourth-order valence-corrected chi connectivity index (χ4v) is 24.7. The molecule has 0 aliphatic rings. The molecule has 0 fully saturated rings. The lowest BCUT2D eigenvalue weighted by Gasteiger charge is -2.28. The summed E-state index contributed by atoms with van der Waals surface area (Å²) >= 11 is 0. The first kappa shape index (κ1) is 119. The van der Waals surface area contributed by atoms with Gasteiger partial charge in [-0.2, -0.15) is 0 Å². The van der Waals surface area contributed by atoms with Crippen LogP contribution in [0.3, 0.4) is 0 Å². The van der Waals surface area contributed by atoms with Crippen LogP contribution in [0.4, 0.5) is 0 Å². The van der Waals surface area contributed by atoms with Crippen LogP contribution in [0.2, 0.25) is 49.4 Å². The summed E-state index contributed by atoms with van der Waals surface area (Å²) in [7, 11) is 1.47. The minimum Gasteiger partial charge on any atom is -0.377 e. The predicted molar refractivity (Wildman–Crippen MR) is 437 cm³/mol. The molecule has 0 atom stereocenters. The van der Waals surface area contributed by atoms with Crippen LogP contribution in [-0.2, 0) is 106 Å². The van der Waals surface area contributed by atoms with Gasteiger partial charge in [-0.15, -0.1) is 0 Å². The average Bonchev–Trinajstić information content (AvgIpc) is 0.883. The Morgan fingerprint density at radius 1 is 0.157 bits per heavy atom. The molecule has 32 heteroatoms. The van der Waals surface area contributed by atoms with E-state index >= 15 is 0 Å². The van der Waals surface area contributed by atoms with Crippen LogP contribution in [0.1, 0.15) is 253 Å². The van der Waals surface area contributed by atoms with E-state index in [0.717, 1.165) is 61.9 Å². The molecule has 0 aliphatic carbocycles. The molecule has 628 valence electrons. The Hall–Kier alpha value is 0.775. The van der Waals surface area contributed by atoms with Gasteiger partial charge in [0.05, 0.1) is 0 Å². The molecular formula is C70H172O24Si8. The molecule has 0 unspecified atom stereocenters. The predicted octanol–water partition coefficient (Wildman–Crippen LogP) is 18.8. The quantitative estimate of drug-likeness (QED) is 0.0408. The van der Waals surface area contributed by atoms with Crippen LogP contribution in [0.15, 0.2) is 0 Å². The van der Waals surface area contributed by atoms with Crippen molar-refractivity contribution in [2.45, 2.75) is 302 Å². The first-order valence-corrected chi connectivity index (χ1v) is 55.2. The van der Waals surface area contributed by atoms with Gasteiger partial charge in [-0.05, 0) is 109 Å². The summed E-state index contributed by atoms with van der Waals surface area (Å²) in [5.41, 5.74) is 0. The molecule has 0 radical (unpaired) electrons. The molecule has 0 N–H and O–H groups in total. The monoisotopic (exact) mass is 1620 g/mol. The van der Waals surface area contributed by atoms with Crippen molar-refractivity contribution in [1.82, 2.24) is 0 Å². The van der Waals surface area contributed by atoms with Crippen LogP contribution in [0, 0.1) is 0 Å². The molecule has 0 aromatic rings. The topological polar surface area (TPSA) is 222 Å². The van der Waals surface area contributed by atoms with E-state index in [1.807, 2.05) is 110 Å². The van der Waals surface area contributed by atoms with E-state index in [2.05, 4.69) is 27.7 Å². The molecule has 24 nitrogen and oxygen atoms in total. The van der Waals surface area contributed by atoms with E-state index in [4.69, 9.17) is 106 Å². The van der Waals surface area contributed by atoms with E-state index in [1.54, 1.807) is 85.3 Å². The summed E-state index contributed by atoms with van der Waals surface area (Å²) in [5.74, 6) is 0. The summed E-state index contributed by atoms with van der Waals surface area (Å²) in [4.78, 5) is 0. The Labute approximate surface area is 640 Å². The Morgan fingerprint density at radius 2 is 0.324 bits per heavy atom. The number of hydrogen-bond donors (Lipinski definition) is 0. The Balaban J connectivity index is -0.000000167. The van der Waals surface area contributed by atoms with Crippen molar-refractivity contribution in [3.63, 3.8) is 0 Å². The molecular weight excluding hydrogens is 1450 g/mol. The summed E-state index contributed by atoms with van der Waals surface area (Å²) in [5, 5.41) is 0. The molecule has 0 bridgehead atoms. The minimum atomic E-state index is -2.36. The van der Waals surface area contributed by atoms with Crippen molar-refractivity contribution in [1.29, 1.82) is 0 Å². The summed E-state index contributed by atoms with van der Waals surface area (Å²) < 4.78 is 130. The third-order valence-electron chi connectivity index (χ3n) is 15.6. The van der Waals surface area contributed by atoms with E-state index in [9.17, 15) is 0 Å². The normalized spacial score (nSPS) is 12.0. The molecule has 0 aromatic carbocycles. The largest absolute Gasteiger partial charge is 0.500 e. The van der Waals surface area contributed by atoms with Gasteiger partial charge >= 0.3 is 70.4 Å². The number of unbranched alkanes of at least 4 members (excludes halogenated alkanes) is 16. The second-order valence-corrected chi connectivity index (χ2v) is 46.3. The van der Waals surface area contributed by atoms with Crippen molar-refractivity contribution in [3.8, 4) is 0 Å². The van der Waals surface area contributed by atoms with E-state index in [-0.39, 0.29) is 0 Å². The summed E-state index contributed by atoms with van der Waals surface area (Å²) in [6.45, 7) is 48.6. The molecule has 0 spiro atoms. The van der Waals surface area contributed by atoms with E-state index < -0.39 is 70.4 Å². The third kappa shape index (κ3) is 66.6. The molecule has 0 saturated heterocycles. The molecule has 0 saturated carbocycles. The van der Waals surface area contributed by atoms with Gasteiger partial charge < -0.3 is 106 Å². The Morgan fingerprint density at radius 3 is 0.471 bits per heavy atom. The minimum absolute atomic E-state index is 0.655. The molecule has 0 aliphatic heterocycles. The van der Waals surface area contributed by atoms with Gasteiger partial charge in [0, 0.05) is 214 Å². The standard InChI is InChI=1S/C14H32O3Si.C12H28O3Si.C11H26O3Si.C9H22O3Si.C8H20O3Si.C7H18O3Si.C5H14O3Si.C4H12O3Si/c1-5-9-10-11-12-13-14-18(15-6-2,16-7-3)17-8-4;1-5-9-10-11-12-16(13-6-2,14-7-3)15-8-4;1-5-6-7-8-9-10-11-15(12-2,13-3)14-4;1-5-6-7-8-9-13(10-2,11-3)12-4;1-5-9-12(8-4,10-6-2)11-7-3;1-5-8-11(4,9-6-2)10-7-3;1-5-9(6-2,7-3)8-4;1-5-8(4,6-2)7-3/h5-14H2,1-4H3;5-12H2,1-4H3;5-11H2,1-4H3;5-9H2,1-4H3;5-8H2,1-4H3;5-7H2,1-4H3;5H2,1-4H3;1-4H3. The molecule has 0 amide bonds. The highest BCUT2D eigenvalue weighted by Crippen LogP contribution is 2.24. The van der Waals surface area contributed by atoms with Crippen LogP contribution in [-0.4, -0.2) is 235 Å². The fraction of sp³-hybridized carbons (Fsp3) is 1.00. The lowest BCUT2D eigenvalue weighted by atomic mass is 10.1. The summed E-state index contributed by atoms with van der Waals surface area (Å²) in [6.07, 6.45) is 25.3. The van der Waals surface area contributed by atoms with Gasteiger partial charge in [0.25, 0.3) is 0 Å². The van der Waals surface area contributed by atoms with Gasteiger partial charge in [-0.25, -0.2) is 0 Å². The van der Waals surface area contributed by atoms with Crippen molar-refractivity contribution >= 4 is 70.4 Å². The highest BCUT2D eigenvalue weighted by atomic mass is 28.4. The lowest BCUT2D eigenvalue weighted by Crippen LogP contribution is -2.45. The summed E-state index contributed by atoms with van der Waals surface area (Å²) in [6, 6.07) is 5.45. The SMILES string of the molecule is CCCCCCCC[Si](OC)(OC)OC.CCCCCCCC[Si](OCC)(OCC)OCC.CCCCCC[Si](OC)(OC)OC.CCCCCC[Si](OCC)(OCC)OCC.CCO[Si](C)(OCC)OCC.CCO[Si](CC)(OCC)OCC.CC[Si](OC)(OC)OC.CO[Si](C)(OC)OC. The maximum atomic E-state index is 5.83. The van der Waals surface area contributed by atoms with Crippen LogP contribution >= 0.6 is 0 Å². The smallest absolute Gasteiger partial charge is 0.377 e. The maximum absolute atomic E-state index is 5.83. The second kappa shape index (κ2) is 84.2. The van der Waals surface area contributed by atoms with Crippen molar-refractivity contribution in [3.05, 3.63) is 0 Å². The Kier molecular flexibility index (Phi) is 97.9. The maximum Gasteiger partial charge on any atom is 0.500 e. The van der Waals surface area contributed by atoms with Gasteiger partial charge in [0.15, 0.2) is 0 Å². The fourth-order valence-electron chi connectivity index (χ4n) is 9.83.